The van der Waals surface area contributed by atoms with Gasteiger partial charge in [-0.3, -0.25) is 4.79 Å². The van der Waals surface area contributed by atoms with E-state index in [1.165, 1.54) is 12.3 Å². The van der Waals surface area contributed by atoms with Gasteiger partial charge in [-0.15, -0.1) is 0 Å². The Morgan fingerprint density at radius 3 is 3.00 bits per heavy atom. The molecule has 1 aromatic heterocycles. The molecule has 0 saturated carbocycles. The van der Waals surface area contributed by atoms with Crippen molar-refractivity contribution in [2.24, 2.45) is 0 Å². The number of fused-ring (bicyclic) bond motifs is 1. The largest absolute Gasteiger partial charge is 0.454 e. The molecule has 0 bridgehead atoms. The predicted molar refractivity (Wildman–Crippen MR) is 79.2 cm³/mol. The van der Waals surface area contributed by atoms with Crippen LogP contribution < -0.4 is 14.8 Å². The fourth-order valence-electron chi connectivity index (χ4n) is 2.06. The molecule has 1 aliphatic rings. The standard InChI is InChI=1S/C16H13N3O4/c1-10-18-8-13(23-10)5-12(6-17)16(20)19-7-11-2-3-14-15(4-11)22-9-21-14/h2-5,8H,7,9H2,1H3,(H,19,20)/b12-5-. The number of amides is 1. The zero-order valence-corrected chi connectivity index (χ0v) is 12.3. The summed E-state index contributed by atoms with van der Waals surface area (Å²) in [5.41, 5.74) is 0.789. The first-order valence-electron chi connectivity index (χ1n) is 6.86. The van der Waals surface area contributed by atoms with E-state index in [0.29, 0.717) is 23.1 Å². The molecule has 1 amide bonds. The maximum atomic E-state index is 12.1. The number of carbonyl (C=O) groups excluding carboxylic acids is 1. The van der Waals surface area contributed by atoms with E-state index in [9.17, 15) is 4.79 Å². The summed E-state index contributed by atoms with van der Waals surface area (Å²) in [6.07, 6.45) is 2.81. The fourth-order valence-corrected chi connectivity index (χ4v) is 2.06. The lowest BCUT2D eigenvalue weighted by Gasteiger charge is -2.05. The zero-order chi connectivity index (χ0) is 16.2. The van der Waals surface area contributed by atoms with Crippen molar-refractivity contribution in [2.45, 2.75) is 13.5 Å². The van der Waals surface area contributed by atoms with E-state index in [1.54, 1.807) is 19.1 Å². The highest BCUT2D eigenvalue weighted by Gasteiger charge is 2.14. The van der Waals surface area contributed by atoms with Crippen LogP contribution in [0.25, 0.3) is 6.08 Å². The number of rotatable bonds is 4. The quantitative estimate of drug-likeness (QED) is 0.684. The van der Waals surface area contributed by atoms with Crippen LogP contribution in [0.2, 0.25) is 0 Å². The van der Waals surface area contributed by atoms with Crippen LogP contribution in [0, 0.1) is 18.3 Å². The van der Waals surface area contributed by atoms with Gasteiger partial charge < -0.3 is 19.2 Å². The van der Waals surface area contributed by atoms with Crippen LogP contribution in [0.3, 0.4) is 0 Å². The van der Waals surface area contributed by atoms with Crippen molar-refractivity contribution in [1.82, 2.24) is 10.3 Å². The molecule has 116 valence electrons. The minimum absolute atomic E-state index is 0.0538. The molecular weight excluding hydrogens is 298 g/mol. The summed E-state index contributed by atoms with van der Waals surface area (Å²) in [4.78, 5) is 16.0. The molecule has 1 aromatic carbocycles. The van der Waals surface area contributed by atoms with Crippen LogP contribution in [0.15, 0.2) is 34.4 Å². The summed E-state index contributed by atoms with van der Waals surface area (Å²) in [6, 6.07) is 7.25. The van der Waals surface area contributed by atoms with Crippen molar-refractivity contribution in [3.05, 3.63) is 47.2 Å². The van der Waals surface area contributed by atoms with Gasteiger partial charge in [0, 0.05) is 19.5 Å². The maximum absolute atomic E-state index is 12.1. The molecule has 2 heterocycles. The summed E-state index contributed by atoms with van der Waals surface area (Å²) >= 11 is 0. The summed E-state index contributed by atoms with van der Waals surface area (Å²) in [7, 11) is 0. The number of oxazole rings is 1. The van der Waals surface area contributed by atoms with Gasteiger partial charge in [0.15, 0.2) is 17.4 Å². The molecule has 7 heteroatoms. The minimum Gasteiger partial charge on any atom is -0.454 e. The van der Waals surface area contributed by atoms with Crippen LogP contribution >= 0.6 is 0 Å². The molecule has 0 unspecified atom stereocenters. The van der Waals surface area contributed by atoms with Gasteiger partial charge in [-0.05, 0) is 17.7 Å². The second-order valence-electron chi connectivity index (χ2n) is 4.82. The third-order valence-electron chi connectivity index (χ3n) is 3.18. The van der Waals surface area contributed by atoms with Crippen molar-refractivity contribution >= 4 is 12.0 Å². The molecule has 0 saturated heterocycles. The third-order valence-corrected chi connectivity index (χ3v) is 3.18. The van der Waals surface area contributed by atoms with E-state index in [-0.39, 0.29) is 18.9 Å². The Bertz CT molecular complexity index is 817. The first-order valence-corrected chi connectivity index (χ1v) is 6.86. The number of aromatic nitrogens is 1. The van der Waals surface area contributed by atoms with Gasteiger partial charge in [-0.1, -0.05) is 6.07 Å². The predicted octanol–water partition coefficient (Wildman–Crippen LogP) is 1.94. The average molecular weight is 311 g/mol. The van der Waals surface area contributed by atoms with Gasteiger partial charge in [0.2, 0.25) is 6.79 Å². The first kappa shape index (κ1) is 14.7. The molecular formula is C16H13N3O4. The number of hydrogen-bond acceptors (Lipinski definition) is 6. The molecule has 3 rings (SSSR count). The molecule has 23 heavy (non-hydrogen) atoms. The van der Waals surface area contributed by atoms with Crippen molar-refractivity contribution in [3.8, 4) is 17.6 Å². The highest BCUT2D eigenvalue weighted by atomic mass is 16.7. The van der Waals surface area contributed by atoms with E-state index in [0.717, 1.165) is 5.56 Å². The minimum atomic E-state index is -0.487. The monoisotopic (exact) mass is 311 g/mol. The van der Waals surface area contributed by atoms with Crippen molar-refractivity contribution in [1.29, 1.82) is 5.26 Å². The van der Waals surface area contributed by atoms with E-state index < -0.39 is 5.91 Å². The number of nitrogens with zero attached hydrogens (tertiary/aromatic N) is 2. The molecule has 7 nitrogen and oxygen atoms in total. The van der Waals surface area contributed by atoms with Crippen molar-refractivity contribution in [2.75, 3.05) is 6.79 Å². The van der Waals surface area contributed by atoms with E-state index in [2.05, 4.69) is 10.3 Å². The Hall–Kier alpha value is -3.27. The van der Waals surface area contributed by atoms with Gasteiger partial charge >= 0.3 is 0 Å². The average Bonchev–Trinajstić information content (AvgIpc) is 3.18. The van der Waals surface area contributed by atoms with Gasteiger partial charge in [-0.2, -0.15) is 5.26 Å². The van der Waals surface area contributed by atoms with E-state index in [4.69, 9.17) is 19.2 Å². The normalized spacial score (nSPS) is 12.8. The SMILES string of the molecule is Cc1ncc(/C=C(/C#N)C(=O)NCc2ccc3c(c2)OCO3)o1. The summed E-state index contributed by atoms with van der Waals surface area (Å²) in [5, 5.41) is 11.8. The summed E-state index contributed by atoms with van der Waals surface area (Å²) in [5.74, 6) is 1.66. The number of aryl methyl sites for hydroxylation is 1. The van der Waals surface area contributed by atoms with E-state index in [1.807, 2.05) is 12.1 Å². The third kappa shape index (κ3) is 3.32. The van der Waals surface area contributed by atoms with Gasteiger partial charge in [0.1, 0.15) is 17.4 Å². The number of hydrogen-bond donors (Lipinski definition) is 1. The van der Waals surface area contributed by atoms with Crippen molar-refractivity contribution < 1.29 is 18.7 Å². The van der Waals surface area contributed by atoms with Crippen LogP contribution in [-0.4, -0.2) is 17.7 Å². The highest BCUT2D eigenvalue weighted by molar-refractivity contribution is 6.01. The fraction of sp³-hybridized carbons (Fsp3) is 0.188. The Balaban J connectivity index is 1.66. The molecule has 0 atom stereocenters. The Morgan fingerprint density at radius 2 is 2.26 bits per heavy atom. The van der Waals surface area contributed by atoms with Gasteiger partial charge in [0.25, 0.3) is 5.91 Å². The Kier molecular flexibility index (Phi) is 3.97. The molecule has 0 aliphatic carbocycles. The molecule has 2 aromatic rings. The highest BCUT2D eigenvalue weighted by Crippen LogP contribution is 2.32. The van der Waals surface area contributed by atoms with Crippen LogP contribution in [-0.2, 0) is 11.3 Å². The van der Waals surface area contributed by atoms with Crippen LogP contribution in [0.5, 0.6) is 11.5 Å². The lowest BCUT2D eigenvalue weighted by atomic mass is 10.2. The Labute approximate surface area is 132 Å². The first-order chi connectivity index (χ1) is 11.2. The number of ether oxygens (including phenoxy) is 2. The molecule has 0 radical (unpaired) electrons. The lowest BCUT2D eigenvalue weighted by molar-refractivity contribution is -0.117. The second kappa shape index (κ2) is 6.23. The number of nitrogens with one attached hydrogen (secondary N) is 1. The molecule has 0 spiro atoms. The topological polar surface area (TPSA) is 97.4 Å². The van der Waals surface area contributed by atoms with Crippen molar-refractivity contribution in [3.63, 3.8) is 0 Å². The van der Waals surface area contributed by atoms with Crippen LogP contribution in [0.4, 0.5) is 0 Å². The number of nitriles is 1. The summed E-state index contributed by atoms with van der Waals surface area (Å²) in [6.45, 7) is 2.15. The number of benzene rings is 1. The molecule has 1 N–H and O–H groups in total. The maximum Gasteiger partial charge on any atom is 0.262 e. The zero-order valence-electron chi connectivity index (χ0n) is 12.3. The van der Waals surface area contributed by atoms with Crippen LogP contribution in [0.1, 0.15) is 17.2 Å². The smallest absolute Gasteiger partial charge is 0.262 e. The lowest BCUT2D eigenvalue weighted by Crippen LogP contribution is -2.23. The number of carbonyl (C=O) groups is 1. The van der Waals surface area contributed by atoms with Gasteiger partial charge in [-0.25, -0.2) is 4.98 Å². The van der Waals surface area contributed by atoms with Gasteiger partial charge in [0.05, 0.1) is 6.20 Å². The Morgan fingerprint density at radius 1 is 1.43 bits per heavy atom. The molecule has 1 aliphatic heterocycles. The summed E-state index contributed by atoms with van der Waals surface area (Å²) < 4.78 is 15.7. The second-order valence-corrected chi connectivity index (χ2v) is 4.82. The molecule has 0 fully saturated rings. The van der Waals surface area contributed by atoms with E-state index >= 15 is 0 Å².